The molecule has 1 aliphatic heterocycles. The molecular formula is C17H21N7. The molecule has 0 bridgehead atoms. The molecule has 0 radical (unpaired) electrons. The van der Waals surface area contributed by atoms with Crippen LogP contribution < -0.4 is 16.4 Å². The molecule has 0 atom stereocenters. The first-order valence-corrected chi connectivity index (χ1v) is 7.95. The predicted octanol–water partition coefficient (Wildman–Crippen LogP) is 1.32. The summed E-state index contributed by atoms with van der Waals surface area (Å²) in [6, 6.07) is 10.1. The van der Waals surface area contributed by atoms with Crippen LogP contribution in [0.15, 0.2) is 24.3 Å². The summed E-state index contributed by atoms with van der Waals surface area (Å²) >= 11 is 0. The maximum absolute atomic E-state index is 9.30. The van der Waals surface area contributed by atoms with E-state index in [-0.39, 0.29) is 17.3 Å². The molecule has 4 N–H and O–H groups in total. The Balaban J connectivity index is 1.89. The second kappa shape index (κ2) is 6.72. The number of aromatic nitrogens is 2. The molecule has 7 heteroatoms. The number of nitrogen functional groups attached to an aromatic ring is 2. The number of anilines is 3. The number of nitrogens with zero attached hydrogens (tertiary/aromatic N) is 5. The van der Waals surface area contributed by atoms with Gasteiger partial charge in [0.1, 0.15) is 17.5 Å². The largest absolute Gasteiger partial charge is 0.382 e. The zero-order chi connectivity index (χ0) is 17.1. The van der Waals surface area contributed by atoms with Crippen LogP contribution in [-0.4, -0.2) is 48.1 Å². The average molecular weight is 323 g/mol. The number of nitrogens with two attached hydrogens (primary N) is 2. The zero-order valence-electron chi connectivity index (χ0n) is 13.7. The van der Waals surface area contributed by atoms with E-state index in [1.165, 1.54) is 5.69 Å². The molecule has 0 amide bonds. The van der Waals surface area contributed by atoms with Gasteiger partial charge in [-0.2, -0.15) is 10.2 Å². The summed E-state index contributed by atoms with van der Waals surface area (Å²) in [4.78, 5) is 12.8. The fraction of sp³-hybridized carbons (Fsp3) is 0.353. The summed E-state index contributed by atoms with van der Waals surface area (Å²) in [6.07, 6.45) is 1.15. The van der Waals surface area contributed by atoms with Gasteiger partial charge in [-0.15, -0.1) is 0 Å². The Morgan fingerprint density at radius 3 is 2.50 bits per heavy atom. The molecule has 7 nitrogen and oxygen atoms in total. The Hall–Kier alpha value is -2.85. The van der Waals surface area contributed by atoms with Crippen molar-refractivity contribution in [1.29, 1.82) is 5.26 Å². The Morgan fingerprint density at radius 1 is 1.04 bits per heavy atom. The second-order valence-electron chi connectivity index (χ2n) is 5.99. The van der Waals surface area contributed by atoms with Crippen LogP contribution in [0.25, 0.3) is 11.3 Å². The van der Waals surface area contributed by atoms with Crippen LogP contribution in [0.3, 0.4) is 0 Å². The Bertz CT molecular complexity index is 764. The molecule has 2 heterocycles. The van der Waals surface area contributed by atoms with E-state index in [0.29, 0.717) is 5.69 Å². The molecule has 0 spiro atoms. The summed E-state index contributed by atoms with van der Waals surface area (Å²) in [5, 5.41) is 9.30. The first-order valence-electron chi connectivity index (χ1n) is 7.95. The summed E-state index contributed by atoms with van der Waals surface area (Å²) in [6.45, 7) is 4.23. The van der Waals surface area contributed by atoms with Crippen molar-refractivity contribution in [2.75, 3.05) is 49.6 Å². The number of rotatable bonds is 2. The smallest absolute Gasteiger partial charge is 0.222 e. The summed E-state index contributed by atoms with van der Waals surface area (Å²) in [5.74, 6) is 0.181. The lowest BCUT2D eigenvalue weighted by Gasteiger charge is -2.23. The van der Waals surface area contributed by atoms with Crippen LogP contribution in [-0.2, 0) is 0 Å². The zero-order valence-corrected chi connectivity index (χ0v) is 13.7. The molecule has 0 saturated carbocycles. The van der Waals surface area contributed by atoms with Crippen LogP contribution in [0.1, 0.15) is 12.0 Å². The predicted molar refractivity (Wildman–Crippen MR) is 95.3 cm³/mol. The molecule has 1 saturated heterocycles. The van der Waals surface area contributed by atoms with E-state index in [4.69, 9.17) is 11.5 Å². The van der Waals surface area contributed by atoms with Crippen molar-refractivity contribution >= 4 is 17.5 Å². The number of likely N-dealkylation sites (N-methyl/N-ethyl adjacent to an activating group) is 1. The summed E-state index contributed by atoms with van der Waals surface area (Å²) < 4.78 is 0. The molecule has 1 aromatic carbocycles. The maximum atomic E-state index is 9.30. The summed E-state index contributed by atoms with van der Waals surface area (Å²) in [7, 11) is 2.15. The molecule has 1 fully saturated rings. The first kappa shape index (κ1) is 16.0. The van der Waals surface area contributed by atoms with E-state index in [9.17, 15) is 5.26 Å². The van der Waals surface area contributed by atoms with Crippen molar-refractivity contribution in [1.82, 2.24) is 14.9 Å². The molecular weight excluding hydrogens is 302 g/mol. The van der Waals surface area contributed by atoms with Gasteiger partial charge in [-0.1, -0.05) is 12.1 Å². The van der Waals surface area contributed by atoms with Crippen LogP contribution in [0.5, 0.6) is 0 Å². The molecule has 0 aliphatic carbocycles. The van der Waals surface area contributed by atoms with E-state index < -0.39 is 0 Å². The Morgan fingerprint density at radius 2 is 1.79 bits per heavy atom. The lowest BCUT2D eigenvalue weighted by molar-refractivity contribution is 0.360. The van der Waals surface area contributed by atoms with Gasteiger partial charge in [0.05, 0.1) is 5.69 Å². The van der Waals surface area contributed by atoms with E-state index >= 15 is 0 Å². The maximum Gasteiger partial charge on any atom is 0.222 e. The third kappa shape index (κ3) is 3.24. The fourth-order valence-electron chi connectivity index (χ4n) is 2.95. The topological polar surface area (TPSA) is 108 Å². The number of benzene rings is 1. The normalized spacial score (nSPS) is 15.8. The second-order valence-corrected chi connectivity index (χ2v) is 5.99. The highest BCUT2D eigenvalue weighted by Gasteiger charge is 2.15. The lowest BCUT2D eigenvalue weighted by Crippen LogP contribution is -2.28. The van der Waals surface area contributed by atoms with Crippen LogP contribution in [0, 0.1) is 11.3 Å². The number of hydrogen-bond donors (Lipinski definition) is 2. The van der Waals surface area contributed by atoms with Gasteiger partial charge in [0.25, 0.3) is 0 Å². The minimum Gasteiger partial charge on any atom is -0.382 e. The van der Waals surface area contributed by atoms with Crippen LogP contribution >= 0.6 is 0 Å². The first-order chi connectivity index (χ1) is 11.6. The molecule has 24 heavy (non-hydrogen) atoms. The van der Waals surface area contributed by atoms with Gasteiger partial charge in [0.2, 0.25) is 5.95 Å². The van der Waals surface area contributed by atoms with Gasteiger partial charge in [-0.05, 0) is 32.1 Å². The van der Waals surface area contributed by atoms with E-state index in [1.54, 1.807) is 0 Å². The average Bonchev–Trinajstić information content (AvgIpc) is 2.79. The van der Waals surface area contributed by atoms with Gasteiger partial charge in [0, 0.05) is 30.9 Å². The van der Waals surface area contributed by atoms with Crippen molar-refractivity contribution in [2.45, 2.75) is 6.42 Å². The highest BCUT2D eigenvalue weighted by atomic mass is 15.2. The van der Waals surface area contributed by atoms with Gasteiger partial charge < -0.3 is 21.3 Å². The molecule has 124 valence electrons. The van der Waals surface area contributed by atoms with E-state index in [1.807, 2.05) is 12.1 Å². The molecule has 2 aromatic rings. The Kier molecular flexibility index (Phi) is 4.49. The lowest BCUT2D eigenvalue weighted by atomic mass is 10.1. The van der Waals surface area contributed by atoms with Crippen molar-refractivity contribution < 1.29 is 0 Å². The van der Waals surface area contributed by atoms with Crippen molar-refractivity contribution in [3.63, 3.8) is 0 Å². The quantitative estimate of drug-likeness (QED) is 0.858. The highest BCUT2D eigenvalue weighted by Crippen LogP contribution is 2.27. The summed E-state index contributed by atoms with van der Waals surface area (Å²) in [5.41, 5.74) is 14.2. The van der Waals surface area contributed by atoms with Crippen molar-refractivity contribution in [3.05, 3.63) is 29.8 Å². The third-order valence-corrected chi connectivity index (χ3v) is 4.29. The molecule has 0 unspecified atom stereocenters. The van der Waals surface area contributed by atoms with Gasteiger partial charge >= 0.3 is 0 Å². The van der Waals surface area contributed by atoms with Gasteiger partial charge in [-0.25, -0.2) is 4.98 Å². The molecule has 1 aliphatic rings. The minimum atomic E-state index is 0.0705. The monoisotopic (exact) mass is 323 g/mol. The van der Waals surface area contributed by atoms with Gasteiger partial charge in [0.15, 0.2) is 0 Å². The van der Waals surface area contributed by atoms with Crippen molar-refractivity contribution in [3.8, 4) is 17.3 Å². The third-order valence-electron chi connectivity index (χ3n) is 4.29. The van der Waals surface area contributed by atoms with Crippen molar-refractivity contribution in [2.24, 2.45) is 0 Å². The highest BCUT2D eigenvalue weighted by molar-refractivity contribution is 5.74. The van der Waals surface area contributed by atoms with Crippen LogP contribution in [0.2, 0.25) is 0 Å². The number of nitriles is 1. The number of hydrogen-bond acceptors (Lipinski definition) is 7. The molecule has 3 rings (SSSR count). The van der Waals surface area contributed by atoms with Crippen LogP contribution in [0.4, 0.5) is 17.5 Å². The van der Waals surface area contributed by atoms with E-state index in [0.717, 1.165) is 38.2 Å². The fourth-order valence-corrected chi connectivity index (χ4v) is 2.95. The standard InChI is InChI=1S/C17H21N7/c1-23-7-2-8-24(10-9-23)13-5-3-12(4-6-13)15-14(11-18)16(19)22-17(20)21-15/h3-6H,2,7-10H2,1H3,(H4,19,20,21,22). The Labute approximate surface area is 141 Å². The minimum absolute atomic E-state index is 0.0705. The molecule has 1 aromatic heterocycles. The SMILES string of the molecule is CN1CCCN(c2ccc(-c3nc(N)nc(N)c3C#N)cc2)CC1. The van der Waals surface area contributed by atoms with Gasteiger partial charge in [-0.3, -0.25) is 0 Å². The van der Waals surface area contributed by atoms with E-state index in [2.05, 4.69) is 45.0 Å².